The van der Waals surface area contributed by atoms with E-state index in [4.69, 9.17) is 0 Å². The van der Waals surface area contributed by atoms with E-state index >= 15 is 0 Å². The number of imide groups is 1. The van der Waals surface area contributed by atoms with Crippen molar-refractivity contribution in [1.82, 2.24) is 0 Å². The Morgan fingerprint density at radius 2 is 1.36 bits per heavy atom. The highest BCUT2D eigenvalue weighted by Gasteiger charge is 2.42. The quantitative estimate of drug-likeness (QED) is 0.325. The second-order valence-electron chi connectivity index (χ2n) is 7.78. The lowest BCUT2D eigenvalue weighted by Gasteiger charge is -2.22. The van der Waals surface area contributed by atoms with Gasteiger partial charge >= 0.3 is 0 Å². The molecule has 8 nitrogen and oxygen atoms in total. The van der Waals surface area contributed by atoms with E-state index < -0.39 is 16.7 Å². The van der Waals surface area contributed by atoms with Crippen LogP contribution in [-0.2, 0) is 9.59 Å². The molecule has 33 heavy (non-hydrogen) atoms. The first-order valence-electron chi connectivity index (χ1n) is 10.2. The van der Waals surface area contributed by atoms with Crippen LogP contribution in [0.2, 0.25) is 0 Å². The van der Waals surface area contributed by atoms with Crippen molar-refractivity contribution >= 4 is 40.1 Å². The Hall–Kier alpha value is -4.46. The zero-order valence-corrected chi connectivity index (χ0v) is 18.4. The summed E-state index contributed by atoms with van der Waals surface area (Å²) in [6, 6.07) is 22.0. The first kappa shape index (κ1) is 21.8. The van der Waals surface area contributed by atoms with Crippen molar-refractivity contribution in [3.05, 3.63) is 100 Å². The molecule has 1 aliphatic rings. The molecule has 0 bridgehead atoms. The van der Waals surface area contributed by atoms with Crippen LogP contribution in [-0.4, -0.2) is 37.9 Å². The minimum Gasteiger partial charge on any atom is -0.378 e. The van der Waals surface area contributed by atoms with Gasteiger partial charge in [-0.3, -0.25) is 19.7 Å². The van der Waals surface area contributed by atoms with Crippen molar-refractivity contribution in [3.8, 4) is 0 Å². The number of non-ortho nitro benzene ring substituents is 1. The van der Waals surface area contributed by atoms with Crippen LogP contribution in [0.3, 0.4) is 0 Å². The summed E-state index contributed by atoms with van der Waals surface area (Å²) in [7, 11) is 5.53. The van der Waals surface area contributed by atoms with Crippen molar-refractivity contribution in [3.63, 3.8) is 0 Å². The molecule has 0 atom stereocenters. The van der Waals surface area contributed by atoms with Crippen LogP contribution in [0.15, 0.2) is 84.6 Å². The number of amides is 2. The number of hydrogen-bond acceptors (Lipinski definition) is 6. The van der Waals surface area contributed by atoms with Crippen LogP contribution in [0.1, 0.15) is 5.56 Å². The van der Waals surface area contributed by atoms with Gasteiger partial charge < -0.3 is 9.80 Å². The van der Waals surface area contributed by atoms with Crippen LogP contribution < -0.4 is 14.7 Å². The van der Waals surface area contributed by atoms with E-state index in [1.54, 1.807) is 24.1 Å². The maximum Gasteiger partial charge on any atom is 0.282 e. The number of benzene rings is 3. The zero-order valence-electron chi connectivity index (χ0n) is 18.4. The van der Waals surface area contributed by atoms with Gasteiger partial charge in [-0.25, -0.2) is 4.90 Å². The summed E-state index contributed by atoms with van der Waals surface area (Å²) < 4.78 is 0. The fourth-order valence-electron chi connectivity index (χ4n) is 3.75. The molecular formula is C25H22N4O4. The summed E-state index contributed by atoms with van der Waals surface area (Å²) >= 11 is 0. The number of likely N-dealkylation sites (N-methyl/N-ethyl adjacent to an activating group) is 1. The molecular weight excluding hydrogens is 420 g/mol. The van der Waals surface area contributed by atoms with E-state index in [1.165, 1.54) is 24.3 Å². The van der Waals surface area contributed by atoms with Crippen LogP contribution in [0, 0.1) is 10.1 Å². The first-order chi connectivity index (χ1) is 15.8. The van der Waals surface area contributed by atoms with Gasteiger partial charge in [-0.15, -0.1) is 0 Å². The van der Waals surface area contributed by atoms with Crippen molar-refractivity contribution < 1.29 is 14.5 Å². The molecule has 1 heterocycles. The molecule has 0 unspecified atom stereocenters. The predicted octanol–water partition coefficient (Wildman–Crippen LogP) is 4.08. The number of hydrogen-bond donors (Lipinski definition) is 0. The lowest BCUT2D eigenvalue weighted by molar-refractivity contribution is -0.384. The van der Waals surface area contributed by atoms with Crippen LogP contribution in [0.5, 0.6) is 0 Å². The number of carbonyl (C=O) groups is 2. The Bertz CT molecular complexity index is 1250. The lowest BCUT2D eigenvalue weighted by atomic mass is 10.0. The van der Waals surface area contributed by atoms with Crippen molar-refractivity contribution in [2.45, 2.75) is 0 Å². The average molecular weight is 442 g/mol. The Balaban J connectivity index is 1.83. The van der Waals surface area contributed by atoms with Gasteiger partial charge in [0.1, 0.15) is 5.70 Å². The maximum atomic E-state index is 13.6. The third kappa shape index (κ3) is 3.94. The highest BCUT2D eigenvalue weighted by atomic mass is 16.6. The van der Waals surface area contributed by atoms with E-state index in [0.29, 0.717) is 11.3 Å². The number of nitrogens with zero attached hydrogens (tertiary/aromatic N) is 4. The van der Waals surface area contributed by atoms with Gasteiger partial charge in [-0.1, -0.05) is 18.2 Å². The molecule has 0 aromatic heterocycles. The van der Waals surface area contributed by atoms with E-state index in [-0.39, 0.29) is 17.0 Å². The number of para-hydroxylation sites is 1. The standard InChI is InChI=1S/C25H22N4O4/c1-26(2)18-13-15-20(16-14-18)28-24(30)22(17-9-11-21(12-10-17)29(32)33)23(25(28)31)27(3)19-7-5-4-6-8-19/h4-16H,1-3H3. The number of rotatable bonds is 6. The molecule has 0 radical (unpaired) electrons. The molecule has 0 saturated heterocycles. The van der Waals surface area contributed by atoms with Crippen LogP contribution >= 0.6 is 0 Å². The number of anilines is 3. The highest BCUT2D eigenvalue weighted by molar-refractivity contribution is 6.46. The number of carbonyl (C=O) groups excluding carboxylic acids is 2. The summed E-state index contributed by atoms with van der Waals surface area (Å²) in [6.07, 6.45) is 0. The minimum atomic E-state index is -0.505. The van der Waals surface area contributed by atoms with Gasteiger partial charge in [-0.05, 0) is 54.1 Å². The number of nitro benzene ring substituents is 1. The van der Waals surface area contributed by atoms with Crippen LogP contribution in [0.25, 0.3) is 5.57 Å². The van der Waals surface area contributed by atoms with Gasteiger partial charge in [0.15, 0.2) is 0 Å². The molecule has 3 aromatic rings. The molecule has 3 aromatic carbocycles. The third-order valence-corrected chi connectivity index (χ3v) is 5.53. The molecule has 2 amide bonds. The van der Waals surface area contributed by atoms with Crippen molar-refractivity contribution in [2.75, 3.05) is 35.8 Å². The van der Waals surface area contributed by atoms with Crippen molar-refractivity contribution in [1.29, 1.82) is 0 Å². The highest BCUT2D eigenvalue weighted by Crippen LogP contribution is 2.36. The lowest BCUT2D eigenvalue weighted by Crippen LogP contribution is -2.34. The molecule has 4 rings (SSSR count). The normalized spacial score (nSPS) is 13.5. The topological polar surface area (TPSA) is 87.0 Å². The van der Waals surface area contributed by atoms with Gasteiger partial charge in [0.25, 0.3) is 17.5 Å². The first-order valence-corrected chi connectivity index (χ1v) is 10.2. The summed E-state index contributed by atoms with van der Waals surface area (Å²) in [5.74, 6) is -0.943. The Morgan fingerprint density at radius 3 is 1.91 bits per heavy atom. The van der Waals surface area contributed by atoms with E-state index in [1.807, 2.05) is 61.5 Å². The molecule has 0 N–H and O–H groups in total. The SMILES string of the molecule is CN(C)c1ccc(N2C(=O)C(c3ccc([N+](=O)[O-])cc3)=C(N(C)c3ccccc3)C2=O)cc1. The summed E-state index contributed by atoms with van der Waals surface area (Å²) in [6.45, 7) is 0. The number of nitro groups is 1. The monoisotopic (exact) mass is 442 g/mol. The summed E-state index contributed by atoms with van der Waals surface area (Å²) in [5, 5.41) is 11.1. The molecule has 0 spiro atoms. The summed E-state index contributed by atoms with van der Waals surface area (Å²) in [5.41, 5.74) is 2.86. The van der Waals surface area contributed by atoms with E-state index in [2.05, 4.69) is 0 Å². The van der Waals surface area contributed by atoms with Gasteiger partial charge in [0, 0.05) is 44.7 Å². The Labute approximate surface area is 191 Å². The molecule has 0 saturated carbocycles. The predicted molar refractivity (Wildman–Crippen MR) is 128 cm³/mol. The smallest absolute Gasteiger partial charge is 0.282 e. The molecule has 8 heteroatoms. The largest absolute Gasteiger partial charge is 0.378 e. The molecule has 166 valence electrons. The van der Waals surface area contributed by atoms with Gasteiger partial charge in [0.05, 0.1) is 16.2 Å². The third-order valence-electron chi connectivity index (χ3n) is 5.53. The second kappa shape index (κ2) is 8.58. The Morgan fingerprint density at radius 1 is 0.758 bits per heavy atom. The van der Waals surface area contributed by atoms with Crippen LogP contribution in [0.4, 0.5) is 22.7 Å². The Kier molecular flexibility index (Phi) is 5.66. The van der Waals surface area contributed by atoms with E-state index in [9.17, 15) is 19.7 Å². The molecule has 0 aliphatic carbocycles. The fourth-order valence-corrected chi connectivity index (χ4v) is 3.75. The molecule has 1 aliphatic heterocycles. The zero-order chi connectivity index (χ0) is 23.7. The van der Waals surface area contributed by atoms with Gasteiger partial charge in [0.2, 0.25) is 0 Å². The average Bonchev–Trinajstić information content (AvgIpc) is 3.09. The minimum absolute atomic E-state index is 0.0924. The van der Waals surface area contributed by atoms with Gasteiger partial charge in [-0.2, -0.15) is 0 Å². The maximum absolute atomic E-state index is 13.6. The van der Waals surface area contributed by atoms with Crippen molar-refractivity contribution in [2.24, 2.45) is 0 Å². The summed E-state index contributed by atoms with van der Waals surface area (Å²) in [4.78, 5) is 42.5. The molecule has 0 fully saturated rings. The fraction of sp³-hybridized carbons (Fsp3) is 0.120. The van der Waals surface area contributed by atoms with E-state index in [0.717, 1.165) is 16.3 Å². The second-order valence-corrected chi connectivity index (χ2v) is 7.78.